The summed E-state index contributed by atoms with van der Waals surface area (Å²) in [5.41, 5.74) is 0. The van der Waals surface area contributed by atoms with Gasteiger partial charge in [0.1, 0.15) is 36.8 Å². The quantitative estimate of drug-likeness (QED) is 0.0288. The van der Waals surface area contributed by atoms with Gasteiger partial charge in [-0.3, -0.25) is 14.1 Å². The normalized spacial score (nSPS) is 21.9. The van der Waals surface area contributed by atoms with Crippen molar-refractivity contribution in [3.8, 4) is 0 Å². The van der Waals surface area contributed by atoms with E-state index in [1.54, 1.807) is 0 Å². The Hall–Kier alpha value is -1.87. The highest BCUT2D eigenvalue weighted by atomic mass is 32.2. The highest BCUT2D eigenvalue weighted by Crippen LogP contribution is 2.24. The third kappa shape index (κ3) is 23.6. The molecule has 0 aromatic rings. The van der Waals surface area contributed by atoms with Crippen LogP contribution in [-0.2, 0) is 38.7 Å². The molecule has 1 aliphatic heterocycles. The molecule has 1 aliphatic rings. The number of unbranched alkanes of at least 4 members (excludes halogenated alkanes) is 14. The van der Waals surface area contributed by atoms with Gasteiger partial charge in [-0.2, -0.15) is 8.42 Å². The highest BCUT2D eigenvalue weighted by molar-refractivity contribution is 7.85. The summed E-state index contributed by atoms with van der Waals surface area (Å²) in [6.45, 7) is 3.62. The van der Waals surface area contributed by atoms with Crippen molar-refractivity contribution in [3.63, 3.8) is 0 Å². The number of esters is 2. The number of ether oxygens (including phenoxy) is 4. The fourth-order valence-corrected chi connectivity index (χ4v) is 6.15. The van der Waals surface area contributed by atoms with Gasteiger partial charge in [-0.15, -0.1) is 0 Å². The first-order valence-electron chi connectivity index (χ1n) is 18.9. The van der Waals surface area contributed by atoms with E-state index in [1.807, 2.05) is 0 Å². The van der Waals surface area contributed by atoms with Gasteiger partial charge < -0.3 is 34.3 Å². The molecule has 1 fully saturated rings. The zero-order valence-electron chi connectivity index (χ0n) is 30.5. The van der Waals surface area contributed by atoms with E-state index in [2.05, 4.69) is 38.2 Å². The molecule has 0 saturated carbocycles. The SMILES string of the molecule is CCCC/C=C/CCCCCCCC(=O)OC[C@H](CO[C@H]1O[C@H](CS(=O)(=O)O)[C@@H](O)C(O)C1O)OC(=O)CCCCCCC/C=C/CCCC. The molecule has 12 nitrogen and oxygen atoms in total. The van der Waals surface area contributed by atoms with E-state index in [-0.39, 0.29) is 19.4 Å². The molecule has 1 rings (SSSR count). The molecule has 0 aliphatic carbocycles. The molecule has 13 heteroatoms. The van der Waals surface area contributed by atoms with Gasteiger partial charge in [0.25, 0.3) is 10.1 Å². The van der Waals surface area contributed by atoms with Crippen molar-refractivity contribution in [2.45, 2.75) is 179 Å². The molecule has 4 N–H and O–H groups in total. The van der Waals surface area contributed by atoms with Crippen LogP contribution in [0.15, 0.2) is 24.3 Å². The zero-order chi connectivity index (χ0) is 37.0. The van der Waals surface area contributed by atoms with E-state index >= 15 is 0 Å². The Morgan fingerprint density at radius 2 is 1.14 bits per heavy atom. The molecule has 2 unspecified atom stereocenters. The molecule has 0 aromatic heterocycles. The maximum Gasteiger partial charge on any atom is 0.306 e. The van der Waals surface area contributed by atoms with Crippen LogP contribution in [-0.4, -0.2) is 96.0 Å². The van der Waals surface area contributed by atoms with Crippen molar-refractivity contribution >= 4 is 22.1 Å². The molecule has 0 spiro atoms. The lowest BCUT2D eigenvalue weighted by molar-refractivity contribution is -0.297. The van der Waals surface area contributed by atoms with Crippen LogP contribution in [0.5, 0.6) is 0 Å². The Labute approximate surface area is 300 Å². The van der Waals surface area contributed by atoms with Crippen LogP contribution >= 0.6 is 0 Å². The van der Waals surface area contributed by atoms with Crippen LogP contribution < -0.4 is 0 Å². The summed E-state index contributed by atoms with van der Waals surface area (Å²) >= 11 is 0. The number of carbonyl (C=O) groups excluding carboxylic acids is 2. The third-order valence-electron chi connectivity index (χ3n) is 8.50. The zero-order valence-corrected chi connectivity index (χ0v) is 31.3. The Kier molecular flexibility index (Phi) is 26.5. The predicted molar refractivity (Wildman–Crippen MR) is 192 cm³/mol. The van der Waals surface area contributed by atoms with Crippen molar-refractivity contribution in [2.75, 3.05) is 19.0 Å². The monoisotopic (exact) mass is 734 g/mol. The predicted octanol–water partition coefficient (Wildman–Crippen LogP) is 6.11. The lowest BCUT2D eigenvalue weighted by Crippen LogP contribution is -2.60. The second-order valence-corrected chi connectivity index (χ2v) is 14.7. The smallest absolute Gasteiger partial charge is 0.306 e. The van der Waals surface area contributed by atoms with E-state index in [4.69, 9.17) is 18.9 Å². The maximum atomic E-state index is 12.7. The van der Waals surface area contributed by atoms with E-state index < -0.39 is 71.2 Å². The molecular weight excluding hydrogens is 668 g/mol. The van der Waals surface area contributed by atoms with Gasteiger partial charge in [0.05, 0.1) is 6.61 Å². The number of aliphatic hydroxyl groups excluding tert-OH is 3. The number of aliphatic hydroxyl groups is 3. The van der Waals surface area contributed by atoms with Gasteiger partial charge in [0.15, 0.2) is 12.4 Å². The number of hydrogen-bond donors (Lipinski definition) is 4. The number of carbonyl (C=O) groups is 2. The van der Waals surface area contributed by atoms with Crippen molar-refractivity contribution in [1.82, 2.24) is 0 Å². The van der Waals surface area contributed by atoms with E-state index in [9.17, 15) is 37.9 Å². The van der Waals surface area contributed by atoms with Crippen molar-refractivity contribution < 1.29 is 56.8 Å². The average Bonchev–Trinajstić information content (AvgIpc) is 3.07. The topological polar surface area (TPSA) is 186 Å². The highest BCUT2D eigenvalue weighted by Gasteiger charge is 2.46. The first-order valence-corrected chi connectivity index (χ1v) is 20.5. The maximum absolute atomic E-state index is 12.7. The Bertz CT molecular complexity index is 1050. The Morgan fingerprint density at radius 3 is 1.66 bits per heavy atom. The lowest BCUT2D eigenvalue weighted by atomic mass is 10.00. The minimum atomic E-state index is -4.59. The van der Waals surface area contributed by atoms with Crippen LogP contribution in [0.4, 0.5) is 0 Å². The van der Waals surface area contributed by atoms with E-state index in [1.165, 1.54) is 25.7 Å². The summed E-state index contributed by atoms with van der Waals surface area (Å²) in [5.74, 6) is -2.01. The summed E-state index contributed by atoms with van der Waals surface area (Å²) in [4.78, 5) is 25.2. The lowest BCUT2D eigenvalue weighted by Gasteiger charge is -2.40. The number of rotatable bonds is 30. The van der Waals surface area contributed by atoms with Gasteiger partial charge in [-0.05, 0) is 51.4 Å². The first-order chi connectivity index (χ1) is 24.0. The van der Waals surface area contributed by atoms with Gasteiger partial charge in [-0.25, -0.2) is 0 Å². The third-order valence-corrected chi connectivity index (χ3v) is 9.25. The molecule has 0 radical (unpaired) electrons. The van der Waals surface area contributed by atoms with Crippen molar-refractivity contribution in [2.24, 2.45) is 0 Å². The van der Waals surface area contributed by atoms with Crippen LogP contribution in [0.25, 0.3) is 0 Å². The molecule has 0 bridgehead atoms. The van der Waals surface area contributed by atoms with E-state index in [0.29, 0.717) is 12.8 Å². The molecule has 0 aromatic carbocycles. The van der Waals surface area contributed by atoms with Gasteiger partial charge in [0.2, 0.25) is 0 Å². The summed E-state index contributed by atoms with van der Waals surface area (Å²) in [5, 5.41) is 30.7. The first kappa shape index (κ1) is 46.2. The minimum absolute atomic E-state index is 0.153. The summed E-state index contributed by atoms with van der Waals surface area (Å²) in [7, 11) is -4.59. The summed E-state index contributed by atoms with van der Waals surface area (Å²) < 4.78 is 53.7. The molecule has 50 heavy (non-hydrogen) atoms. The minimum Gasteiger partial charge on any atom is -0.462 e. The molecule has 0 amide bonds. The Balaban J connectivity index is 2.56. The number of allylic oxidation sites excluding steroid dienone is 4. The second kappa shape index (κ2) is 28.7. The van der Waals surface area contributed by atoms with Crippen molar-refractivity contribution in [1.29, 1.82) is 0 Å². The van der Waals surface area contributed by atoms with Gasteiger partial charge in [0, 0.05) is 12.8 Å². The van der Waals surface area contributed by atoms with Gasteiger partial charge >= 0.3 is 11.9 Å². The van der Waals surface area contributed by atoms with E-state index in [0.717, 1.165) is 77.0 Å². The second-order valence-electron chi connectivity index (χ2n) is 13.2. The molecule has 6 atom stereocenters. The van der Waals surface area contributed by atoms with Crippen LogP contribution in [0.1, 0.15) is 142 Å². The van der Waals surface area contributed by atoms with Gasteiger partial charge in [-0.1, -0.05) is 102 Å². The standard InChI is InChI=1S/C37H66O12S/c1-3-5-7-9-11-13-15-17-19-21-23-25-32(38)46-27-30(48-33(39)26-24-22-20-18-16-14-12-10-8-6-4-2)28-47-37-36(42)35(41)34(40)31(49-37)29-50(43,44)45/h9-12,30-31,34-37,40-42H,3-8,13-29H2,1-2H3,(H,43,44,45)/b11-9+,12-10+/t30-,31-,34-,35?,36?,37+/m1/s1. The fraction of sp³-hybridized carbons (Fsp3) is 0.838. The molecule has 292 valence electrons. The van der Waals surface area contributed by atoms with Crippen LogP contribution in [0.2, 0.25) is 0 Å². The van der Waals surface area contributed by atoms with Crippen LogP contribution in [0.3, 0.4) is 0 Å². The average molecular weight is 735 g/mol. The molecular formula is C37H66O12S. The van der Waals surface area contributed by atoms with Crippen molar-refractivity contribution in [3.05, 3.63) is 24.3 Å². The summed E-state index contributed by atoms with van der Waals surface area (Å²) in [6.07, 6.45) is 18.2. The fourth-order valence-electron chi connectivity index (χ4n) is 5.46. The summed E-state index contributed by atoms with van der Waals surface area (Å²) in [6, 6.07) is 0. The molecule has 1 heterocycles. The number of hydrogen-bond acceptors (Lipinski definition) is 11. The van der Waals surface area contributed by atoms with Crippen LogP contribution in [0, 0.1) is 0 Å². The largest absolute Gasteiger partial charge is 0.462 e. The molecule has 1 saturated heterocycles. The Morgan fingerprint density at radius 1 is 0.660 bits per heavy atom.